The quantitative estimate of drug-likeness (QED) is 0.778. The lowest BCUT2D eigenvalue weighted by Crippen LogP contribution is -2.24. The van der Waals surface area contributed by atoms with Crippen molar-refractivity contribution in [1.82, 2.24) is 15.1 Å². The van der Waals surface area contributed by atoms with Crippen LogP contribution in [-0.4, -0.2) is 16.3 Å². The summed E-state index contributed by atoms with van der Waals surface area (Å²) in [6, 6.07) is 9.57. The number of hydrogen-bond acceptors (Lipinski definition) is 2. The first-order chi connectivity index (χ1) is 11.6. The second kappa shape index (κ2) is 5.79. The molecule has 6 heteroatoms. The Balaban J connectivity index is 1.93. The van der Waals surface area contributed by atoms with Crippen LogP contribution in [0.2, 0.25) is 0 Å². The van der Waals surface area contributed by atoms with Gasteiger partial charge in [-0.15, -0.1) is 0 Å². The maximum atomic E-state index is 14.2. The third-order valence-electron chi connectivity index (χ3n) is 4.17. The molecular weight excluding hydrogens is 315 g/mol. The van der Waals surface area contributed by atoms with Crippen LogP contribution < -0.4 is 5.32 Å². The van der Waals surface area contributed by atoms with Gasteiger partial charge in [0.1, 0.15) is 17.3 Å². The van der Waals surface area contributed by atoms with Gasteiger partial charge in [-0.3, -0.25) is 0 Å². The molecule has 1 N–H and O–H groups in total. The molecule has 1 aliphatic heterocycles. The highest BCUT2D eigenvalue weighted by molar-refractivity contribution is 5.65. The predicted molar refractivity (Wildman–Crippen MR) is 84.3 cm³/mol. The average molecular weight is 329 g/mol. The maximum Gasteiger partial charge on any atom is 0.151 e. The Morgan fingerprint density at radius 3 is 2.62 bits per heavy atom. The molecule has 2 heterocycles. The summed E-state index contributed by atoms with van der Waals surface area (Å²) >= 11 is 0. The molecule has 0 spiro atoms. The van der Waals surface area contributed by atoms with E-state index in [4.69, 9.17) is 0 Å². The van der Waals surface area contributed by atoms with Crippen molar-refractivity contribution < 1.29 is 13.2 Å². The molecule has 4 rings (SSSR count). The highest BCUT2D eigenvalue weighted by atomic mass is 19.1. The molecule has 0 unspecified atom stereocenters. The second-order valence-corrected chi connectivity index (χ2v) is 5.72. The van der Waals surface area contributed by atoms with Gasteiger partial charge in [0.15, 0.2) is 5.82 Å². The molecule has 0 saturated heterocycles. The fourth-order valence-electron chi connectivity index (χ4n) is 3.07. The van der Waals surface area contributed by atoms with Gasteiger partial charge in [0.25, 0.3) is 0 Å². The fraction of sp³-hybridized carbons (Fsp3) is 0.167. The van der Waals surface area contributed by atoms with E-state index < -0.39 is 11.6 Å². The lowest BCUT2D eigenvalue weighted by molar-refractivity contribution is 0.566. The molecule has 2 aromatic carbocycles. The van der Waals surface area contributed by atoms with E-state index in [-0.39, 0.29) is 11.5 Å². The standard InChI is InChI=1S/C18H14F3N3/c19-12-3-1-2-11(8-12)18-14-10-22-7-6-16(14)24(23-18)17-5-4-13(20)9-15(17)21/h1-5,8-9,22H,6-7,10H2. The summed E-state index contributed by atoms with van der Waals surface area (Å²) in [6.07, 6.45) is 0.661. The zero-order valence-electron chi connectivity index (χ0n) is 12.7. The highest BCUT2D eigenvalue weighted by Crippen LogP contribution is 2.30. The second-order valence-electron chi connectivity index (χ2n) is 5.72. The Kier molecular flexibility index (Phi) is 3.61. The van der Waals surface area contributed by atoms with E-state index in [1.807, 2.05) is 0 Å². The predicted octanol–water partition coefficient (Wildman–Crippen LogP) is 3.60. The van der Waals surface area contributed by atoms with Gasteiger partial charge in [0, 0.05) is 36.7 Å². The number of rotatable bonds is 2. The number of fused-ring (bicyclic) bond motifs is 1. The van der Waals surface area contributed by atoms with Gasteiger partial charge in [-0.25, -0.2) is 17.9 Å². The van der Waals surface area contributed by atoms with Gasteiger partial charge in [0.2, 0.25) is 0 Å². The number of benzene rings is 2. The topological polar surface area (TPSA) is 29.9 Å². The summed E-state index contributed by atoms with van der Waals surface area (Å²) in [5, 5.41) is 7.76. The number of nitrogens with one attached hydrogen (secondary N) is 1. The Hall–Kier alpha value is -2.60. The largest absolute Gasteiger partial charge is 0.312 e. The highest BCUT2D eigenvalue weighted by Gasteiger charge is 2.23. The van der Waals surface area contributed by atoms with Crippen LogP contribution >= 0.6 is 0 Å². The molecule has 0 radical (unpaired) electrons. The average Bonchev–Trinajstić information content (AvgIpc) is 2.94. The smallest absolute Gasteiger partial charge is 0.151 e. The van der Waals surface area contributed by atoms with E-state index in [1.165, 1.54) is 28.9 Å². The van der Waals surface area contributed by atoms with E-state index >= 15 is 0 Å². The van der Waals surface area contributed by atoms with Crippen LogP contribution in [0, 0.1) is 17.5 Å². The number of halogens is 3. The minimum absolute atomic E-state index is 0.192. The molecule has 3 nitrogen and oxygen atoms in total. The molecule has 1 aromatic heterocycles. The summed E-state index contributed by atoms with van der Waals surface area (Å²) in [5.41, 5.74) is 3.21. The Bertz CT molecular complexity index is 918. The Labute approximate surface area is 136 Å². The maximum absolute atomic E-state index is 14.2. The first-order valence-electron chi connectivity index (χ1n) is 7.66. The van der Waals surface area contributed by atoms with Gasteiger partial charge in [0.05, 0.1) is 11.4 Å². The number of aromatic nitrogens is 2. The summed E-state index contributed by atoms with van der Waals surface area (Å²) in [6.45, 7) is 1.31. The van der Waals surface area contributed by atoms with Gasteiger partial charge >= 0.3 is 0 Å². The normalized spacial score (nSPS) is 13.8. The minimum atomic E-state index is -0.676. The summed E-state index contributed by atoms with van der Waals surface area (Å²) in [4.78, 5) is 0. The Morgan fingerprint density at radius 1 is 1.00 bits per heavy atom. The van der Waals surface area contributed by atoms with E-state index in [0.717, 1.165) is 23.9 Å². The third kappa shape index (κ3) is 2.49. The van der Waals surface area contributed by atoms with E-state index in [1.54, 1.807) is 12.1 Å². The van der Waals surface area contributed by atoms with Crippen molar-refractivity contribution in [2.45, 2.75) is 13.0 Å². The first kappa shape index (κ1) is 15.0. The van der Waals surface area contributed by atoms with Crippen molar-refractivity contribution in [1.29, 1.82) is 0 Å². The van der Waals surface area contributed by atoms with Crippen molar-refractivity contribution in [2.75, 3.05) is 6.54 Å². The van der Waals surface area contributed by atoms with E-state index in [2.05, 4.69) is 10.4 Å². The lowest BCUT2D eigenvalue weighted by Gasteiger charge is -2.16. The summed E-state index contributed by atoms with van der Waals surface area (Å²) in [5.74, 6) is -1.67. The number of nitrogens with zero attached hydrogens (tertiary/aromatic N) is 2. The molecule has 0 aliphatic carbocycles. The van der Waals surface area contributed by atoms with Crippen molar-refractivity contribution in [3.8, 4) is 16.9 Å². The first-order valence-corrected chi connectivity index (χ1v) is 7.66. The molecule has 0 atom stereocenters. The minimum Gasteiger partial charge on any atom is -0.312 e. The molecule has 1 aliphatic rings. The molecule has 24 heavy (non-hydrogen) atoms. The molecule has 3 aromatic rings. The van der Waals surface area contributed by atoms with E-state index in [0.29, 0.717) is 24.2 Å². The fourth-order valence-corrected chi connectivity index (χ4v) is 3.07. The summed E-state index contributed by atoms with van der Waals surface area (Å²) < 4.78 is 42.5. The van der Waals surface area contributed by atoms with Gasteiger partial charge in [-0.05, 0) is 24.3 Å². The van der Waals surface area contributed by atoms with Crippen LogP contribution in [0.5, 0.6) is 0 Å². The Morgan fingerprint density at radius 2 is 1.83 bits per heavy atom. The molecule has 122 valence electrons. The van der Waals surface area contributed by atoms with Gasteiger partial charge in [-0.1, -0.05) is 12.1 Å². The zero-order valence-corrected chi connectivity index (χ0v) is 12.7. The monoisotopic (exact) mass is 329 g/mol. The van der Waals surface area contributed by atoms with Crippen LogP contribution in [0.1, 0.15) is 11.3 Å². The SMILES string of the molecule is Fc1cccc(-c2nn(-c3ccc(F)cc3F)c3c2CNCC3)c1. The van der Waals surface area contributed by atoms with Crippen molar-refractivity contribution in [2.24, 2.45) is 0 Å². The van der Waals surface area contributed by atoms with Crippen molar-refractivity contribution >= 4 is 0 Å². The van der Waals surface area contributed by atoms with Crippen LogP contribution in [0.25, 0.3) is 16.9 Å². The van der Waals surface area contributed by atoms with Crippen LogP contribution in [0.3, 0.4) is 0 Å². The van der Waals surface area contributed by atoms with Crippen molar-refractivity contribution in [3.63, 3.8) is 0 Å². The molecule has 0 saturated carbocycles. The van der Waals surface area contributed by atoms with Crippen LogP contribution in [0.15, 0.2) is 42.5 Å². The van der Waals surface area contributed by atoms with Crippen LogP contribution in [0.4, 0.5) is 13.2 Å². The van der Waals surface area contributed by atoms with E-state index in [9.17, 15) is 13.2 Å². The van der Waals surface area contributed by atoms with Gasteiger partial charge < -0.3 is 5.32 Å². The van der Waals surface area contributed by atoms with Crippen molar-refractivity contribution in [3.05, 3.63) is 71.2 Å². The third-order valence-corrected chi connectivity index (χ3v) is 4.17. The molecule has 0 fully saturated rings. The molecule has 0 amide bonds. The van der Waals surface area contributed by atoms with Crippen LogP contribution in [-0.2, 0) is 13.0 Å². The molecule has 0 bridgehead atoms. The molecular formula is C18H14F3N3. The van der Waals surface area contributed by atoms with Gasteiger partial charge in [-0.2, -0.15) is 5.10 Å². The summed E-state index contributed by atoms with van der Waals surface area (Å²) in [7, 11) is 0. The zero-order chi connectivity index (χ0) is 16.7. The lowest BCUT2D eigenvalue weighted by atomic mass is 10.0. The number of hydrogen-bond donors (Lipinski definition) is 1.